The molecule has 0 spiro atoms. The Balaban J connectivity index is 1.47. The van der Waals surface area contributed by atoms with E-state index in [9.17, 15) is 9.59 Å². The third kappa shape index (κ3) is 7.03. The van der Waals surface area contributed by atoms with Crippen molar-refractivity contribution in [3.8, 4) is 0 Å². The molecule has 5 heteroatoms. The van der Waals surface area contributed by atoms with Gasteiger partial charge in [0.1, 0.15) is 0 Å². The normalized spacial score (nSPS) is 23.3. The molecule has 5 nitrogen and oxygen atoms in total. The lowest BCUT2D eigenvalue weighted by Gasteiger charge is -2.25. The molecule has 1 aliphatic carbocycles. The number of carbonyl (C=O) groups excluding carboxylic acids is 2. The van der Waals surface area contributed by atoms with Crippen LogP contribution in [0, 0.1) is 0 Å². The highest BCUT2D eigenvalue weighted by molar-refractivity contribution is 5.82. The number of hydrogen-bond donors (Lipinski definition) is 2. The maximum Gasteiger partial charge on any atom is 0.315 e. The predicted molar refractivity (Wildman–Crippen MR) is 121 cm³/mol. The monoisotopic (exact) mass is 413 g/mol. The van der Waals surface area contributed by atoms with Crippen molar-refractivity contribution in [2.75, 3.05) is 6.54 Å². The number of benzene rings is 1. The molecule has 3 amide bonds. The summed E-state index contributed by atoms with van der Waals surface area (Å²) < 4.78 is 0. The smallest absolute Gasteiger partial charge is 0.315 e. The minimum Gasteiger partial charge on any atom is -0.335 e. The van der Waals surface area contributed by atoms with Crippen LogP contribution in [0.5, 0.6) is 0 Å². The zero-order valence-electron chi connectivity index (χ0n) is 18.6. The molecule has 1 aliphatic heterocycles. The lowest BCUT2D eigenvalue weighted by atomic mass is 9.98. The van der Waals surface area contributed by atoms with E-state index >= 15 is 0 Å². The van der Waals surface area contributed by atoms with E-state index in [4.69, 9.17) is 0 Å². The van der Waals surface area contributed by atoms with Crippen LogP contribution in [-0.2, 0) is 4.79 Å². The van der Waals surface area contributed by atoms with Crippen molar-refractivity contribution in [1.29, 1.82) is 0 Å². The van der Waals surface area contributed by atoms with Crippen LogP contribution in [0.2, 0.25) is 0 Å². The number of likely N-dealkylation sites (tertiary alicyclic amines) is 1. The van der Waals surface area contributed by atoms with E-state index in [1.807, 2.05) is 23.1 Å². The van der Waals surface area contributed by atoms with Gasteiger partial charge in [-0.15, -0.1) is 0 Å². The van der Waals surface area contributed by atoms with Crippen LogP contribution in [0.3, 0.4) is 0 Å². The van der Waals surface area contributed by atoms with E-state index in [1.54, 1.807) is 0 Å². The molecule has 1 saturated heterocycles. The lowest BCUT2D eigenvalue weighted by Crippen LogP contribution is -2.47. The summed E-state index contributed by atoms with van der Waals surface area (Å²) in [5, 5.41) is 6.28. The SMILES string of the molecule is CC(c1ccccc1)N1CC(NC(=O)NC2CCCCCCCCCCC2)CC1=O. The minimum atomic E-state index is -0.116. The quantitative estimate of drug-likeness (QED) is 0.702. The molecule has 0 bridgehead atoms. The number of rotatable bonds is 4. The Bertz CT molecular complexity index is 652. The molecule has 2 unspecified atom stereocenters. The summed E-state index contributed by atoms with van der Waals surface area (Å²) in [7, 11) is 0. The number of nitrogens with one attached hydrogen (secondary N) is 2. The third-order valence-electron chi connectivity index (χ3n) is 6.68. The molecular weight excluding hydrogens is 374 g/mol. The molecule has 1 heterocycles. The molecule has 3 rings (SSSR count). The first-order valence-electron chi connectivity index (χ1n) is 12.0. The molecule has 1 saturated carbocycles. The fraction of sp³-hybridized carbons (Fsp3) is 0.680. The fourth-order valence-electron chi connectivity index (χ4n) is 4.83. The van der Waals surface area contributed by atoms with Crippen molar-refractivity contribution < 1.29 is 9.59 Å². The van der Waals surface area contributed by atoms with Gasteiger partial charge in [0.25, 0.3) is 0 Å². The number of nitrogens with zero attached hydrogens (tertiary/aromatic N) is 1. The largest absolute Gasteiger partial charge is 0.335 e. The molecule has 2 N–H and O–H groups in total. The Labute approximate surface area is 182 Å². The van der Waals surface area contributed by atoms with Gasteiger partial charge in [-0.1, -0.05) is 88.1 Å². The van der Waals surface area contributed by atoms with Crippen LogP contribution in [0.15, 0.2) is 30.3 Å². The van der Waals surface area contributed by atoms with Crippen LogP contribution in [0.1, 0.15) is 95.6 Å². The van der Waals surface area contributed by atoms with Crippen molar-refractivity contribution in [3.05, 3.63) is 35.9 Å². The van der Waals surface area contributed by atoms with Gasteiger partial charge >= 0.3 is 6.03 Å². The second-order valence-corrected chi connectivity index (χ2v) is 9.11. The van der Waals surface area contributed by atoms with Crippen molar-refractivity contribution in [1.82, 2.24) is 15.5 Å². The summed E-state index contributed by atoms with van der Waals surface area (Å²) in [4.78, 5) is 27.1. The average molecular weight is 414 g/mol. The van der Waals surface area contributed by atoms with Gasteiger partial charge in [0, 0.05) is 19.0 Å². The Morgan fingerprint density at radius 2 is 1.40 bits per heavy atom. The molecule has 0 radical (unpaired) electrons. The average Bonchev–Trinajstić information content (AvgIpc) is 3.10. The van der Waals surface area contributed by atoms with Gasteiger partial charge in [-0.3, -0.25) is 4.79 Å². The second-order valence-electron chi connectivity index (χ2n) is 9.11. The van der Waals surface area contributed by atoms with Crippen molar-refractivity contribution in [3.63, 3.8) is 0 Å². The Hall–Kier alpha value is -2.04. The number of hydrogen-bond acceptors (Lipinski definition) is 2. The third-order valence-corrected chi connectivity index (χ3v) is 6.68. The topological polar surface area (TPSA) is 61.4 Å². The standard InChI is InChI=1S/C25H39N3O2/c1-20(21-14-10-9-11-15-21)28-19-23(18-24(28)29)27-25(30)26-22-16-12-7-5-3-2-4-6-8-13-17-22/h9-11,14-15,20,22-23H,2-8,12-13,16-19H2,1H3,(H2,26,27,30). The maximum atomic E-state index is 12.6. The Morgan fingerprint density at radius 3 is 2.00 bits per heavy atom. The number of carbonyl (C=O) groups is 2. The van der Waals surface area contributed by atoms with Crippen LogP contribution in [-0.4, -0.2) is 35.5 Å². The molecule has 0 aromatic heterocycles. The summed E-state index contributed by atoms with van der Waals surface area (Å²) >= 11 is 0. The first-order chi connectivity index (χ1) is 14.6. The zero-order valence-corrected chi connectivity index (χ0v) is 18.6. The van der Waals surface area contributed by atoms with E-state index in [0.717, 1.165) is 18.4 Å². The van der Waals surface area contributed by atoms with Crippen LogP contribution < -0.4 is 10.6 Å². The molecule has 2 atom stereocenters. The summed E-state index contributed by atoms with van der Waals surface area (Å²) in [6.45, 7) is 2.63. The van der Waals surface area contributed by atoms with Crippen molar-refractivity contribution in [2.45, 2.75) is 102 Å². The highest BCUT2D eigenvalue weighted by atomic mass is 16.2. The molecule has 1 aromatic carbocycles. The number of amides is 3. The van der Waals surface area contributed by atoms with E-state index in [-0.39, 0.29) is 30.1 Å². The minimum absolute atomic E-state index is 0.0277. The first kappa shape index (κ1) is 22.6. The highest BCUT2D eigenvalue weighted by Crippen LogP contribution is 2.25. The summed E-state index contributed by atoms with van der Waals surface area (Å²) in [6.07, 6.45) is 14.1. The van der Waals surface area contributed by atoms with Crippen molar-refractivity contribution in [2.24, 2.45) is 0 Å². The van der Waals surface area contributed by atoms with Gasteiger partial charge in [0.05, 0.1) is 12.1 Å². The zero-order chi connectivity index (χ0) is 21.2. The summed E-state index contributed by atoms with van der Waals surface area (Å²) in [6, 6.07) is 10.1. The van der Waals surface area contributed by atoms with E-state index in [0.29, 0.717) is 13.0 Å². The molecule has 2 fully saturated rings. The van der Waals surface area contributed by atoms with Gasteiger partial charge in [-0.05, 0) is 25.3 Å². The molecule has 2 aliphatic rings. The van der Waals surface area contributed by atoms with E-state index in [1.165, 1.54) is 57.8 Å². The molecule has 30 heavy (non-hydrogen) atoms. The van der Waals surface area contributed by atoms with Gasteiger partial charge in [0.15, 0.2) is 0 Å². The van der Waals surface area contributed by atoms with Crippen LogP contribution in [0.4, 0.5) is 4.79 Å². The van der Waals surface area contributed by atoms with E-state index in [2.05, 4.69) is 29.7 Å². The Kier molecular flexibility index (Phi) is 9.03. The predicted octanol–water partition coefficient (Wildman–Crippen LogP) is 5.32. The van der Waals surface area contributed by atoms with Crippen LogP contribution >= 0.6 is 0 Å². The van der Waals surface area contributed by atoms with Gasteiger partial charge < -0.3 is 15.5 Å². The van der Waals surface area contributed by atoms with Crippen LogP contribution in [0.25, 0.3) is 0 Å². The fourth-order valence-corrected chi connectivity index (χ4v) is 4.83. The van der Waals surface area contributed by atoms with Gasteiger partial charge in [-0.25, -0.2) is 4.79 Å². The van der Waals surface area contributed by atoms with Crippen molar-refractivity contribution >= 4 is 11.9 Å². The molecule has 1 aromatic rings. The molecule has 166 valence electrons. The van der Waals surface area contributed by atoms with Gasteiger partial charge in [-0.2, -0.15) is 0 Å². The first-order valence-corrected chi connectivity index (χ1v) is 12.0. The van der Waals surface area contributed by atoms with E-state index < -0.39 is 0 Å². The molecular formula is C25H39N3O2. The summed E-state index contributed by atoms with van der Waals surface area (Å²) in [5.41, 5.74) is 1.13. The highest BCUT2D eigenvalue weighted by Gasteiger charge is 2.34. The number of urea groups is 1. The maximum absolute atomic E-state index is 12.6. The Morgan fingerprint density at radius 1 is 0.867 bits per heavy atom. The lowest BCUT2D eigenvalue weighted by molar-refractivity contribution is -0.129. The summed E-state index contributed by atoms with van der Waals surface area (Å²) in [5.74, 6) is 0.114. The second kappa shape index (κ2) is 12.0. The van der Waals surface area contributed by atoms with Gasteiger partial charge in [0.2, 0.25) is 5.91 Å².